The number of benzene rings is 4. The second kappa shape index (κ2) is 12.3. The number of unbranched alkanes of at least 4 members (excludes halogenated alkanes) is 1. The van der Waals surface area contributed by atoms with Gasteiger partial charge in [-0.2, -0.15) is 0 Å². The first-order valence-corrected chi connectivity index (χ1v) is 13.9. The van der Waals surface area contributed by atoms with E-state index in [1.165, 1.54) is 5.39 Å². The van der Waals surface area contributed by atoms with Crippen LogP contribution in [-0.2, 0) is 22.6 Å². The first kappa shape index (κ1) is 26.6. The number of nitrogens with zero attached hydrogens (tertiary/aromatic N) is 2. The van der Waals surface area contributed by atoms with Gasteiger partial charge in [-0.25, -0.2) is 0 Å². The van der Waals surface area contributed by atoms with Gasteiger partial charge in [0.2, 0.25) is 11.8 Å². The highest BCUT2D eigenvalue weighted by Gasteiger charge is 2.40. The van der Waals surface area contributed by atoms with Crippen LogP contribution in [0.2, 0.25) is 0 Å². The van der Waals surface area contributed by atoms with Crippen LogP contribution in [0.4, 0.5) is 0 Å². The number of hydrogen-bond donors (Lipinski definition) is 1. The van der Waals surface area contributed by atoms with E-state index >= 15 is 0 Å². The van der Waals surface area contributed by atoms with Gasteiger partial charge in [-0.1, -0.05) is 97.1 Å². The Labute approximate surface area is 231 Å². The van der Waals surface area contributed by atoms with E-state index in [1.54, 1.807) is 0 Å². The molecule has 0 aliphatic carbocycles. The highest BCUT2D eigenvalue weighted by Crippen LogP contribution is 2.24. The van der Waals surface area contributed by atoms with Crippen LogP contribution in [0.1, 0.15) is 30.4 Å². The van der Waals surface area contributed by atoms with Gasteiger partial charge in [-0.3, -0.25) is 9.59 Å². The SMILES string of the molecule is CN(C)CCCCC1C(=O)NC(Cc2ccc3ccccc3c2)C(=O)N1Cc1ccc(-c2ccccc2)cc1. The smallest absolute Gasteiger partial charge is 0.246 e. The van der Waals surface area contributed by atoms with Crippen molar-refractivity contribution in [3.05, 3.63) is 108 Å². The van der Waals surface area contributed by atoms with Crippen LogP contribution in [-0.4, -0.2) is 54.3 Å². The van der Waals surface area contributed by atoms with E-state index in [9.17, 15) is 9.59 Å². The zero-order chi connectivity index (χ0) is 27.2. The molecule has 5 nitrogen and oxygen atoms in total. The van der Waals surface area contributed by atoms with Gasteiger partial charge in [-0.15, -0.1) is 0 Å². The maximum atomic E-state index is 13.9. The lowest BCUT2D eigenvalue weighted by molar-refractivity contribution is -0.150. The molecule has 4 aromatic rings. The van der Waals surface area contributed by atoms with Crippen LogP contribution in [0.5, 0.6) is 0 Å². The number of nitrogens with one attached hydrogen (secondary N) is 1. The van der Waals surface area contributed by atoms with E-state index < -0.39 is 12.1 Å². The molecule has 0 aromatic heterocycles. The fraction of sp³-hybridized carbons (Fsp3) is 0.294. The molecule has 0 spiro atoms. The first-order valence-electron chi connectivity index (χ1n) is 13.9. The standard InChI is InChI=1S/C34H37N3O2/c1-36(2)21-9-8-14-32-33(38)35-31(23-26-17-20-28-12-6-7-13-30(28)22-26)34(39)37(32)24-25-15-18-29(19-16-25)27-10-4-3-5-11-27/h3-7,10-13,15-20,22,31-32H,8-9,14,21,23-24H2,1-2H3,(H,35,38). The Morgan fingerprint density at radius 2 is 1.41 bits per heavy atom. The summed E-state index contributed by atoms with van der Waals surface area (Å²) in [5.41, 5.74) is 4.37. The van der Waals surface area contributed by atoms with Crippen molar-refractivity contribution >= 4 is 22.6 Å². The van der Waals surface area contributed by atoms with Gasteiger partial charge in [0.1, 0.15) is 12.1 Å². The second-order valence-electron chi connectivity index (χ2n) is 10.8. The van der Waals surface area contributed by atoms with Gasteiger partial charge in [0.05, 0.1) is 0 Å². The van der Waals surface area contributed by atoms with Gasteiger partial charge in [0.15, 0.2) is 0 Å². The Morgan fingerprint density at radius 1 is 0.744 bits per heavy atom. The fourth-order valence-electron chi connectivity index (χ4n) is 5.44. The minimum atomic E-state index is -0.569. The predicted octanol–water partition coefficient (Wildman–Crippen LogP) is 5.68. The molecule has 1 saturated heterocycles. The Morgan fingerprint density at radius 3 is 2.15 bits per heavy atom. The van der Waals surface area contributed by atoms with Crippen molar-refractivity contribution in [1.82, 2.24) is 15.1 Å². The molecule has 1 N–H and O–H groups in total. The molecule has 39 heavy (non-hydrogen) atoms. The number of piperazine rings is 1. The molecule has 2 amide bonds. The van der Waals surface area contributed by atoms with Crippen LogP contribution in [0.15, 0.2) is 97.1 Å². The van der Waals surface area contributed by atoms with Crippen molar-refractivity contribution in [2.45, 2.75) is 44.3 Å². The van der Waals surface area contributed by atoms with Crippen LogP contribution in [0, 0.1) is 0 Å². The lowest BCUT2D eigenvalue weighted by atomic mass is 9.95. The number of carbonyl (C=O) groups excluding carboxylic acids is 2. The number of hydrogen-bond acceptors (Lipinski definition) is 3. The molecule has 4 aromatic carbocycles. The van der Waals surface area contributed by atoms with E-state index in [2.05, 4.69) is 91.0 Å². The predicted molar refractivity (Wildman–Crippen MR) is 158 cm³/mol. The Bertz CT molecular complexity index is 1420. The number of rotatable bonds is 10. The number of carbonyl (C=O) groups is 2. The lowest BCUT2D eigenvalue weighted by Gasteiger charge is -2.39. The summed E-state index contributed by atoms with van der Waals surface area (Å²) in [5.74, 6) is -0.0568. The fourth-order valence-corrected chi connectivity index (χ4v) is 5.44. The van der Waals surface area contributed by atoms with Crippen LogP contribution in [0.25, 0.3) is 21.9 Å². The van der Waals surface area contributed by atoms with Crippen molar-refractivity contribution in [1.29, 1.82) is 0 Å². The molecule has 5 rings (SSSR count). The summed E-state index contributed by atoms with van der Waals surface area (Å²) in [6.07, 6.45) is 3.02. The first-order chi connectivity index (χ1) is 19.0. The van der Waals surface area contributed by atoms with Gasteiger partial charge in [0.25, 0.3) is 0 Å². The van der Waals surface area contributed by atoms with E-state index in [1.807, 2.05) is 35.2 Å². The van der Waals surface area contributed by atoms with Gasteiger partial charge in [0, 0.05) is 13.0 Å². The van der Waals surface area contributed by atoms with Crippen LogP contribution >= 0.6 is 0 Å². The average molecular weight is 520 g/mol. The average Bonchev–Trinajstić information content (AvgIpc) is 2.95. The zero-order valence-electron chi connectivity index (χ0n) is 22.8. The van der Waals surface area contributed by atoms with E-state index in [-0.39, 0.29) is 11.8 Å². The van der Waals surface area contributed by atoms with Gasteiger partial charge < -0.3 is 15.1 Å². The summed E-state index contributed by atoms with van der Waals surface area (Å²) >= 11 is 0. The maximum Gasteiger partial charge on any atom is 0.246 e. The Balaban J connectivity index is 1.35. The molecular weight excluding hydrogens is 482 g/mol. The topological polar surface area (TPSA) is 52.7 Å². The van der Waals surface area contributed by atoms with E-state index in [0.29, 0.717) is 19.4 Å². The van der Waals surface area contributed by atoms with E-state index in [0.717, 1.165) is 47.0 Å². The van der Waals surface area contributed by atoms with Gasteiger partial charge in [-0.05, 0) is 72.9 Å². The minimum absolute atomic E-state index is 0.00694. The summed E-state index contributed by atoms with van der Waals surface area (Å²) in [5, 5.41) is 5.37. The third kappa shape index (κ3) is 6.55. The molecule has 1 fully saturated rings. The largest absolute Gasteiger partial charge is 0.342 e. The molecule has 0 bridgehead atoms. The van der Waals surface area contributed by atoms with Crippen molar-refractivity contribution in [3.8, 4) is 11.1 Å². The molecule has 200 valence electrons. The molecule has 1 aliphatic heterocycles. The summed E-state index contributed by atoms with van der Waals surface area (Å²) < 4.78 is 0. The van der Waals surface area contributed by atoms with Crippen molar-refractivity contribution < 1.29 is 9.59 Å². The van der Waals surface area contributed by atoms with E-state index in [4.69, 9.17) is 0 Å². The van der Waals surface area contributed by atoms with Crippen molar-refractivity contribution in [3.63, 3.8) is 0 Å². The molecule has 1 aliphatic rings. The highest BCUT2D eigenvalue weighted by atomic mass is 16.2. The molecule has 2 unspecified atom stereocenters. The van der Waals surface area contributed by atoms with Crippen molar-refractivity contribution in [2.75, 3.05) is 20.6 Å². The van der Waals surface area contributed by atoms with Crippen LogP contribution < -0.4 is 5.32 Å². The second-order valence-corrected chi connectivity index (χ2v) is 10.8. The number of amides is 2. The summed E-state index contributed by atoms with van der Waals surface area (Å²) in [4.78, 5) is 31.3. The highest BCUT2D eigenvalue weighted by molar-refractivity contribution is 5.97. The quantitative estimate of drug-likeness (QED) is 0.275. The maximum absolute atomic E-state index is 13.9. The molecule has 0 radical (unpaired) electrons. The number of fused-ring (bicyclic) bond motifs is 1. The summed E-state index contributed by atoms with van der Waals surface area (Å²) in [7, 11) is 4.11. The monoisotopic (exact) mass is 519 g/mol. The molecule has 1 heterocycles. The molecule has 0 saturated carbocycles. The zero-order valence-corrected chi connectivity index (χ0v) is 22.8. The summed E-state index contributed by atoms with van der Waals surface area (Å²) in [6, 6.07) is 32.0. The Kier molecular flexibility index (Phi) is 8.38. The third-order valence-electron chi connectivity index (χ3n) is 7.58. The molecule has 2 atom stereocenters. The lowest BCUT2D eigenvalue weighted by Crippen LogP contribution is -2.63. The van der Waals surface area contributed by atoms with Crippen LogP contribution in [0.3, 0.4) is 0 Å². The summed E-state index contributed by atoms with van der Waals surface area (Å²) in [6.45, 7) is 1.39. The van der Waals surface area contributed by atoms with Gasteiger partial charge >= 0.3 is 0 Å². The third-order valence-corrected chi connectivity index (χ3v) is 7.58. The normalized spacial score (nSPS) is 17.6. The molecular formula is C34H37N3O2. The Hall–Kier alpha value is -3.96. The molecule has 5 heteroatoms. The minimum Gasteiger partial charge on any atom is -0.342 e. The van der Waals surface area contributed by atoms with Crippen molar-refractivity contribution in [2.24, 2.45) is 0 Å².